The van der Waals surface area contributed by atoms with Crippen LogP contribution in [0.5, 0.6) is 0 Å². The number of fused-ring (bicyclic) bond motifs is 4. The van der Waals surface area contributed by atoms with Gasteiger partial charge in [0.2, 0.25) is 0 Å². The topological polar surface area (TPSA) is 61.2 Å². The van der Waals surface area contributed by atoms with E-state index in [4.69, 9.17) is 0 Å². The van der Waals surface area contributed by atoms with Crippen molar-refractivity contribution in [2.45, 2.75) is 51.5 Å². The second kappa shape index (κ2) is 8.94. The minimum Gasteiger partial charge on any atom is -0.396 e. The summed E-state index contributed by atoms with van der Waals surface area (Å²) in [6, 6.07) is 16.9. The fraction of sp³-hybridized carbons (Fsp3) is 0.333. The van der Waals surface area contributed by atoms with E-state index < -0.39 is 0 Å². The molecule has 0 saturated heterocycles. The van der Waals surface area contributed by atoms with Crippen molar-refractivity contribution >= 4 is 27.9 Å². The Morgan fingerprint density at radius 1 is 1.00 bits per heavy atom. The third-order valence-corrected chi connectivity index (χ3v) is 7.23. The normalized spacial score (nSPS) is 20.0. The summed E-state index contributed by atoms with van der Waals surface area (Å²) < 4.78 is 2.50. The summed E-state index contributed by atoms with van der Waals surface area (Å²) in [6.45, 7) is 6.91. The van der Waals surface area contributed by atoms with Crippen molar-refractivity contribution < 1.29 is 10.2 Å². The predicted molar refractivity (Wildman–Crippen MR) is 141 cm³/mol. The Morgan fingerprint density at radius 3 is 2.41 bits per heavy atom. The molecule has 3 heterocycles. The van der Waals surface area contributed by atoms with Crippen molar-refractivity contribution in [1.82, 2.24) is 9.55 Å². The van der Waals surface area contributed by atoms with Gasteiger partial charge in [0.1, 0.15) is 0 Å². The highest BCUT2D eigenvalue weighted by molar-refractivity contribution is 5.88. The number of allylic oxidation sites excluding steroid dienone is 3. The van der Waals surface area contributed by atoms with Crippen LogP contribution in [0.2, 0.25) is 0 Å². The summed E-state index contributed by atoms with van der Waals surface area (Å²) in [5.74, 6) is 0.299. The molecule has 2 atom stereocenters. The maximum absolute atomic E-state index is 9.87. The lowest BCUT2D eigenvalue weighted by Crippen LogP contribution is -2.23. The number of rotatable bonds is 7. The fourth-order valence-electron chi connectivity index (χ4n) is 5.96. The third kappa shape index (κ3) is 3.71. The number of hydrogen-bond donors (Lipinski definition) is 3. The Kier molecular flexibility index (Phi) is 5.97. The first-order chi connectivity index (χ1) is 16.5. The van der Waals surface area contributed by atoms with Crippen molar-refractivity contribution in [3.05, 3.63) is 88.8 Å². The Morgan fingerprint density at radius 2 is 1.68 bits per heavy atom. The van der Waals surface area contributed by atoms with Crippen molar-refractivity contribution in [3.8, 4) is 0 Å². The first-order valence-corrected chi connectivity index (χ1v) is 12.2. The van der Waals surface area contributed by atoms with E-state index in [1.165, 1.54) is 33.1 Å². The zero-order valence-electron chi connectivity index (χ0n) is 20.3. The number of hydrogen-bond acceptors (Lipinski definition) is 2. The van der Waals surface area contributed by atoms with Crippen LogP contribution in [0.3, 0.4) is 0 Å². The van der Waals surface area contributed by atoms with Gasteiger partial charge in [-0.15, -0.1) is 0 Å². The largest absolute Gasteiger partial charge is 0.396 e. The maximum Gasteiger partial charge on any atom is 0.0616 e. The van der Waals surface area contributed by atoms with Crippen LogP contribution in [-0.4, -0.2) is 33.0 Å². The lowest BCUT2D eigenvalue weighted by Gasteiger charge is -2.25. The molecule has 0 aliphatic carbocycles. The van der Waals surface area contributed by atoms with Gasteiger partial charge in [0.15, 0.2) is 0 Å². The van der Waals surface area contributed by atoms with Gasteiger partial charge in [-0.25, -0.2) is 0 Å². The number of aromatic amines is 1. The van der Waals surface area contributed by atoms with E-state index in [2.05, 4.69) is 84.9 Å². The van der Waals surface area contributed by atoms with Gasteiger partial charge in [0.25, 0.3) is 0 Å². The smallest absolute Gasteiger partial charge is 0.0616 e. The molecule has 176 valence electrons. The second-order valence-electron chi connectivity index (χ2n) is 9.97. The monoisotopic (exact) mass is 454 g/mol. The molecule has 5 rings (SSSR count). The molecule has 3 N–H and O–H groups in total. The highest BCUT2D eigenvalue weighted by Gasteiger charge is 2.40. The van der Waals surface area contributed by atoms with Crippen LogP contribution in [0, 0.1) is 0 Å². The number of aromatic nitrogens is 2. The SMILES string of the molecule is CC(C)=C[C@H]1C[C@@](C)(/C=C/c2[nH]c3ccccc3c2CCO)n2c1c(CCO)c1ccccc12. The summed E-state index contributed by atoms with van der Waals surface area (Å²) in [5.41, 5.74) is 8.25. The van der Waals surface area contributed by atoms with Crippen LogP contribution < -0.4 is 0 Å². The van der Waals surface area contributed by atoms with Crippen molar-refractivity contribution in [2.24, 2.45) is 0 Å². The van der Waals surface area contributed by atoms with Gasteiger partial charge >= 0.3 is 0 Å². The molecule has 4 nitrogen and oxygen atoms in total. The van der Waals surface area contributed by atoms with E-state index in [9.17, 15) is 10.2 Å². The molecule has 0 amide bonds. The zero-order valence-corrected chi connectivity index (χ0v) is 20.3. The zero-order chi connectivity index (χ0) is 23.9. The highest BCUT2D eigenvalue weighted by atomic mass is 16.3. The van der Waals surface area contributed by atoms with E-state index >= 15 is 0 Å². The number of aliphatic hydroxyl groups is 2. The summed E-state index contributed by atoms with van der Waals surface area (Å²) >= 11 is 0. The van der Waals surface area contributed by atoms with Crippen LogP contribution in [0.25, 0.3) is 27.9 Å². The van der Waals surface area contributed by atoms with Gasteiger partial charge in [0, 0.05) is 52.3 Å². The summed E-state index contributed by atoms with van der Waals surface area (Å²) in [7, 11) is 0. The van der Waals surface area contributed by atoms with Gasteiger partial charge in [-0.1, -0.05) is 54.1 Å². The third-order valence-electron chi connectivity index (χ3n) is 7.23. The van der Waals surface area contributed by atoms with E-state index in [0.29, 0.717) is 18.8 Å². The standard InChI is InChI=1S/C30H34N2O2/c1-20(2)18-21-19-30(3,32-28-11-7-5-9-24(28)25(14-17-34)29(21)32)15-12-27-23(13-16-33)22-8-4-6-10-26(22)31-27/h4-12,15,18,21,31,33-34H,13-14,16-17,19H2,1-3H3/b15-12+/t21-,30+/m0/s1. The van der Waals surface area contributed by atoms with Crippen LogP contribution in [-0.2, 0) is 18.4 Å². The van der Waals surface area contributed by atoms with E-state index in [1.807, 2.05) is 12.1 Å². The molecule has 34 heavy (non-hydrogen) atoms. The Labute approximate surface area is 201 Å². The average molecular weight is 455 g/mol. The average Bonchev–Trinajstić information content (AvgIpc) is 3.43. The molecule has 0 bridgehead atoms. The highest BCUT2D eigenvalue weighted by Crippen LogP contribution is 2.49. The minimum absolute atomic E-state index is 0.125. The minimum atomic E-state index is -0.215. The quantitative estimate of drug-likeness (QED) is 0.297. The van der Waals surface area contributed by atoms with Crippen LogP contribution >= 0.6 is 0 Å². The van der Waals surface area contributed by atoms with Crippen molar-refractivity contribution in [3.63, 3.8) is 0 Å². The first-order valence-electron chi connectivity index (χ1n) is 12.2. The first kappa shape index (κ1) is 22.7. The van der Waals surface area contributed by atoms with Crippen molar-refractivity contribution in [1.29, 1.82) is 0 Å². The van der Waals surface area contributed by atoms with Crippen molar-refractivity contribution in [2.75, 3.05) is 13.2 Å². The molecule has 0 fully saturated rings. The summed E-state index contributed by atoms with van der Waals surface area (Å²) in [4.78, 5) is 3.57. The lowest BCUT2D eigenvalue weighted by molar-refractivity contribution is 0.299. The molecule has 1 aliphatic heterocycles. The van der Waals surface area contributed by atoms with Crippen LogP contribution in [0.15, 0.2) is 66.3 Å². The second-order valence-corrected chi connectivity index (χ2v) is 9.97. The van der Waals surface area contributed by atoms with Gasteiger partial charge < -0.3 is 19.8 Å². The van der Waals surface area contributed by atoms with E-state index in [0.717, 1.165) is 23.2 Å². The van der Waals surface area contributed by atoms with Gasteiger partial charge in [0.05, 0.1) is 5.54 Å². The lowest BCUT2D eigenvalue weighted by atomic mass is 9.88. The number of nitrogens with one attached hydrogen (secondary N) is 1. The molecule has 4 aromatic rings. The number of aliphatic hydroxyl groups excluding tert-OH is 2. The number of para-hydroxylation sites is 2. The number of H-pyrrole nitrogens is 1. The number of nitrogens with zero attached hydrogens (tertiary/aromatic N) is 1. The molecular weight excluding hydrogens is 420 g/mol. The van der Waals surface area contributed by atoms with E-state index in [-0.39, 0.29) is 18.8 Å². The van der Waals surface area contributed by atoms with Crippen LogP contribution in [0.4, 0.5) is 0 Å². The molecule has 4 heteroatoms. The molecule has 2 aromatic carbocycles. The van der Waals surface area contributed by atoms with Crippen LogP contribution in [0.1, 0.15) is 55.6 Å². The Bertz CT molecular complexity index is 1400. The summed E-state index contributed by atoms with van der Waals surface area (Å²) in [6.07, 6.45) is 9.18. The fourth-order valence-corrected chi connectivity index (χ4v) is 5.96. The Hall–Kier alpha value is -3.08. The molecule has 0 saturated carbocycles. The molecule has 0 unspecified atom stereocenters. The van der Waals surface area contributed by atoms with E-state index in [1.54, 1.807) is 0 Å². The maximum atomic E-state index is 9.87. The predicted octanol–water partition coefficient (Wildman–Crippen LogP) is 6.07. The molecule has 0 spiro atoms. The summed E-state index contributed by atoms with van der Waals surface area (Å²) in [5, 5.41) is 22.0. The molecular formula is C30H34N2O2. The molecule has 2 aromatic heterocycles. The number of benzene rings is 2. The van der Waals surface area contributed by atoms with Gasteiger partial charge in [-0.3, -0.25) is 0 Å². The molecule has 1 aliphatic rings. The van der Waals surface area contributed by atoms with Gasteiger partial charge in [-0.2, -0.15) is 0 Å². The Balaban J connectivity index is 1.68. The molecule has 0 radical (unpaired) electrons. The van der Waals surface area contributed by atoms with Gasteiger partial charge in [-0.05, 0) is 69.4 Å².